The Morgan fingerprint density at radius 1 is 1.08 bits per heavy atom. The van der Waals surface area contributed by atoms with Gasteiger partial charge in [0.05, 0.1) is 24.3 Å². The summed E-state index contributed by atoms with van der Waals surface area (Å²) >= 11 is 4.84. The fraction of sp³-hybridized carbons (Fsp3) is 0.280. The van der Waals surface area contributed by atoms with Crippen LogP contribution in [0.25, 0.3) is 6.08 Å². The minimum Gasteiger partial charge on any atom is -0.493 e. The van der Waals surface area contributed by atoms with Crippen LogP contribution in [-0.2, 0) is 4.79 Å². The van der Waals surface area contributed by atoms with E-state index in [9.17, 15) is 4.79 Å². The number of carbonyl (C=O) groups is 1. The predicted octanol–water partition coefficient (Wildman–Crippen LogP) is 5.20. The number of carbonyl (C=O) groups excluding carboxylic acids is 1. The van der Waals surface area contributed by atoms with Gasteiger partial charge in [-0.05, 0) is 63.6 Å². The SMILES string of the molecule is COc1ccccc1OCCOc1c(Br)cc(C=C2C(=N)N3N=C(C(C)C)SC3=NC2=O)cc1OC. The van der Waals surface area contributed by atoms with Gasteiger partial charge in [-0.3, -0.25) is 10.2 Å². The molecule has 0 radical (unpaired) electrons. The van der Waals surface area contributed by atoms with E-state index in [1.54, 1.807) is 25.3 Å². The van der Waals surface area contributed by atoms with E-state index in [1.165, 1.54) is 23.9 Å². The zero-order valence-electron chi connectivity index (χ0n) is 20.2. The molecular formula is C25H25BrN4O5S. The number of aliphatic imine (C=N–C) groups is 1. The highest BCUT2D eigenvalue weighted by atomic mass is 79.9. The maximum absolute atomic E-state index is 12.7. The van der Waals surface area contributed by atoms with Crippen molar-refractivity contribution in [2.24, 2.45) is 16.0 Å². The highest BCUT2D eigenvalue weighted by molar-refractivity contribution is 9.10. The summed E-state index contributed by atoms with van der Waals surface area (Å²) in [5, 5.41) is 15.6. The summed E-state index contributed by atoms with van der Waals surface area (Å²) in [7, 11) is 3.12. The van der Waals surface area contributed by atoms with Gasteiger partial charge >= 0.3 is 0 Å². The van der Waals surface area contributed by atoms with Gasteiger partial charge in [0.2, 0.25) is 5.17 Å². The molecule has 0 spiro atoms. The summed E-state index contributed by atoms with van der Waals surface area (Å²) in [5.74, 6) is 1.90. The van der Waals surface area contributed by atoms with E-state index in [0.29, 0.717) is 44.8 Å². The molecule has 2 aromatic carbocycles. The molecule has 2 aromatic rings. The molecular weight excluding hydrogens is 548 g/mol. The number of methoxy groups -OCH3 is 2. The van der Waals surface area contributed by atoms with Crippen LogP contribution < -0.4 is 18.9 Å². The zero-order chi connectivity index (χ0) is 25.8. The minimum atomic E-state index is -0.483. The number of nitrogens with zero attached hydrogens (tertiary/aromatic N) is 3. The summed E-state index contributed by atoms with van der Waals surface area (Å²) in [6.07, 6.45) is 1.60. The van der Waals surface area contributed by atoms with Crippen molar-refractivity contribution < 1.29 is 23.7 Å². The van der Waals surface area contributed by atoms with E-state index in [0.717, 1.165) is 5.04 Å². The summed E-state index contributed by atoms with van der Waals surface area (Å²) in [4.78, 5) is 16.8. The second kappa shape index (κ2) is 11.2. The molecule has 2 heterocycles. The van der Waals surface area contributed by atoms with Crippen molar-refractivity contribution in [3.8, 4) is 23.0 Å². The standard InChI is InChI=1S/C25H25BrN4O5S/c1-14(2)24-29-30-22(27)16(23(31)28-25(30)36-24)11-15-12-17(26)21(20(13-15)33-4)35-10-9-34-19-8-6-5-7-18(19)32-3/h5-8,11-14,27H,9-10H2,1-4H3. The number of hydrogen-bond acceptors (Lipinski definition) is 8. The number of hydrazone groups is 1. The lowest BCUT2D eigenvalue weighted by Crippen LogP contribution is -2.35. The van der Waals surface area contributed by atoms with E-state index in [-0.39, 0.29) is 23.9 Å². The van der Waals surface area contributed by atoms with E-state index in [2.05, 4.69) is 26.0 Å². The molecule has 0 bridgehead atoms. The number of para-hydroxylation sites is 2. The van der Waals surface area contributed by atoms with Gasteiger partial charge in [0.15, 0.2) is 28.8 Å². The third kappa shape index (κ3) is 5.41. The van der Waals surface area contributed by atoms with Crippen LogP contribution in [0.1, 0.15) is 19.4 Å². The van der Waals surface area contributed by atoms with Crippen LogP contribution >= 0.6 is 27.7 Å². The summed E-state index contributed by atoms with van der Waals surface area (Å²) < 4.78 is 23.1. The molecule has 0 aromatic heterocycles. The fourth-order valence-corrected chi connectivity index (χ4v) is 4.87. The Labute approximate surface area is 221 Å². The Hall–Kier alpha value is -3.31. The largest absolute Gasteiger partial charge is 0.493 e. The lowest BCUT2D eigenvalue weighted by atomic mass is 10.1. The number of hydrogen-bond donors (Lipinski definition) is 1. The molecule has 188 valence electrons. The molecule has 2 aliphatic rings. The Morgan fingerprint density at radius 2 is 1.78 bits per heavy atom. The summed E-state index contributed by atoms with van der Waals surface area (Å²) in [5.41, 5.74) is 0.781. The molecule has 1 amide bonds. The normalized spacial score (nSPS) is 16.2. The Morgan fingerprint density at radius 3 is 2.47 bits per heavy atom. The molecule has 0 aliphatic carbocycles. The molecule has 9 nitrogen and oxygen atoms in total. The molecule has 36 heavy (non-hydrogen) atoms. The van der Waals surface area contributed by atoms with Gasteiger partial charge < -0.3 is 18.9 Å². The number of thioether (sulfide) groups is 1. The molecule has 0 fully saturated rings. The van der Waals surface area contributed by atoms with Crippen LogP contribution in [0.2, 0.25) is 0 Å². The van der Waals surface area contributed by atoms with Gasteiger partial charge in [-0.2, -0.15) is 15.1 Å². The van der Waals surface area contributed by atoms with Crippen LogP contribution in [0.3, 0.4) is 0 Å². The van der Waals surface area contributed by atoms with Crippen molar-refractivity contribution in [1.82, 2.24) is 5.01 Å². The Bertz CT molecular complexity index is 1290. The molecule has 0 atom stereocenters. The number of fused-ring (bicyclic) bond motifs is 1. The van der Waals surface area contributed by atoms with E-state index >= 15 is 0 Å². The van der Waals surface area contributed by atoms with Crippen LogP contribution in [-0.4, -0.2) is 54.4 Å². The lowest BCUT2D eigenvalue weighted by Gasteiger charge is -2.20. The molecule has 4 rings (SSSR count). The number of amides is 1. The third-order valence-corrected chi connectivity index (χ3v) is 6.98. The second-order valence-corrected chi connectivity index (χ2v) is 9.84. The maximum Gasteiger partial charge on any atom is 0.283 e. The molecule has 0 saturated carbocycles. The van der Waals surface area contributed by atoms with Gasteiger partial charge in [0.1, 0.15) is 18.3 Å². The van der Waals surface area contributed by atoms with Crippen molar-refractivity contribution in [3.63, 3.8) is 0 Å². The first-order valence-corrected chi connectivity index (χ1v) is 12.7. The first-order valence-electron chi connectivity index (χ1n) is 11.1. The number of rotatable bonds is 9. The van der Waals surface area contributed by atoms with Crippen LogP contribution in [0.15, 0.2) is 56.5 Å². The second-order valence-electron chi connectivity index (χ2n) is 7.99. The average Bonchev–Trinajstić information content (AvgIpc) is 3.30. The van der Waals surface area contributed by atoms with E-state index < -0.39 is 5.91 Å². The smallest absolute Gasteiger partial charge is 0.283 e. The highest BCUT2D eigenvalue weighted by Crippen LogP contribution is 2.38. The first kappa shape index (κ1) is 25.8. The van der Waals surface area contributed by atoms with Crippen molar-refractivity contribution in [1.29, 1.82) is 5.41 Å². The molecule has 0 saturated heterocycles. The number of nitrogens with one attached hydrogen (secondary N) is 1. The summed E-state index contributed by atoms with van der Waals surface area (Å²) in [6.45, 7) is 4.56. The van der Waals surface area contributed by atoms with Crippen LogP contribution in [0, 0.1) is 11.3 Å². The van der Waals surface area contributed by atoms with Gasteiger partial charge in [0.25, 0.3) is 5.91 Å². The lowest BCUT2D eigenvalue weighted by molar-refractivity contribution is -0.114. The molecule has 1 N–H and O–H groups in total. The maximum atomic E-state index is 12.7. The summed E-state index contributed by atoms with van der Waals surface area (Å²) in [6, 6.07) is 10.9. The van der Waals surface area contributed by atoms with E-state index in [4.69, 9.17) is 24.4 Å². The van der Waals surface area contributed by atoms with Crippen molar-refractivity contribution >= 4 is 55.7 Å². The average molecular weight is 573 g/mol. The molecule has 11 heteroatoms. The molecule has 0 unspecified atom stereocenters. The predicted molar refractivity (Wildman–Crippen MR) is 145 cm³/mol. The monoisotopic (exact) mass is 572 g/mol. The van der Waals surface area contributed by atoms with Gasteiger partial charge in [-0.1, -0.05) is 26.0 Å². The fourth-order valence-electron chi connectivity index (χ4n) is 3.40. The van der Waals surface area contributed by atoms with Crippen molar-refractivity contribution in [3.05, 3.63) is 52.0 Å². The Balaban J connectivity index is 1.49. The van der Waals surface area contributed by atoms with Gasteiger partial charge in [-0.25, -0.2) is 0 Å². The third-order valence-electron chi connectivity index (χ3n) is 5.18. The van der Waals surface area contributed by atoms with Crippen LogP contribution in [0.5, 0.6) is 23.0 Å². The number of amidine groups is 2. The van der Waals surface area contributed by atoms with E-state index in [1.807, 2.05) is 38.1 Å². The quantitative estimate of drug-likeness (QED) is 0.325. The number of halogens is 1. The van der Waals surface area contributed by atoms with Gasteiger partial charge in [-0.15, -0.1) is 0 Å². The van der Waals surface area contributed by atoms with Gasteiger partial charge in [0, 0.05) is 5.92 Å². The van der Waals surface area contributed by atoms with Crippen LogP contribution in [0.4, 0.5) is 0 Å². The van der Waals surface area contributed by atoms with Crippen molar-refractivity contribution in [2.45, 2.75) is 13.8 Å². The van der Waals surface area contributed by atoms with Crippen molar-refractivity contribution in [2.75, 3.05) is 27.4 Å². The number of benzene rings is 2. The zero-order valence-corrected chi connectivity index (χ0v) is 22.6. The minimum absolute atomic E-state index is 0.0166. The topological polar surface area (TPSA) is 106 Å². The molecule has 2 aliphatic heterocycles. The first-order chi connectivity index (χ1) is 17.3. The number of ether oxygens (including phenoxy) is 4. The highest BCUT2D eigenvalue weighted by Gasteiger charge is 2.36. The Kier molecular flexibility index (Phi) is 8.00.